The molecule has 170 valence electrons. The third kappa shape index (κ3) is 9.30. The molecule has 2 aromatic carbocycles. The van der Waals surface area contributed by atoms with E-state index in [0.717, 1.165) is 4.47 Å². The van der Waals surface area contributed by atoms with Crippen molar-refractivity contribution in [2.24, 2.45) is 5.92 Å². The summed E-state index contributed by atoms with van der Waals surface area (Å²) in [6.07, 6.45) is -0.275. The highest BCUT2D eigenvalue weighted by Gasteiger charge is 2.12. The summed E-state index contributed by atoms with van der Waals surface area (Å²) < 4.78 is 10.9. The molecule has 0 aliphatic heterocycles. The molecule has 8 nitrogen and oxygen atoms in total. The highest BCUT2D eigenvalue weighted by molar-refractivity contribution is 9.10. The molecule has 0 spiro atoms. The van der Waals surface area contributed by atoms with E-state index in [9.17, 15) is 19.2 Å². The molecule has 0 saturated heterocycles. The molecule has 32 heavy (non-hydrogen) atoms. The van der Waals surface area contributed by atoms with E-state index in [0.29, 0.717) is 23.5 Å². The zero-order chi connectivity index (χ0) is 23.5. The minimum Gasteiger partial charge on any atom is -0.462 e. The highest BCUT2D eigenvalue weighted by atomic mass is 79.9. The lowest BCUT2D eigenvalue weighted by Gasteiger charge is -2.09. The Morgan fingerprint density at radius 3 is 1.97 bits per heavy atom. The molecule has 9 heteroatoms. The van der Waals surface area contributed by atoms with Crippen LogP contribution < -0.4 is 10.6 Å². The zero-order valence-corrected chi connectivity index (χ0v) is 19.4. The summed E-state index contributed by atoms with van der Waals surface area (Å²) in [4.78, 5) is 47.5. The molecule has 0 saturated carbocycles. The number of nitrogens with one attached hydrogen (secondary N) is 2. The topological polar surface area (TPSA) is 111 Å². The summed E-state index contributed by atoms with van der Waals surface area (Å²) in [6.45, 7) is 3.78. The second-order valence-corrected chi connectivity index (χ2v) is 8.25. The van der Waals surface area contributed by atoms with Crippen LogP contribution in [0.2, 0.25) is 0 Å². The fourth-order valence-corrected chi connectivity index (χ4v) is 2.67. The van der Waals surface area contributed by atoms with Crippen molar-refractivity contribution in [3.05, 3.63) is 58.6 Å². The maximum Gasteiger partial charge on any atom is 0.338 e. The lowest BCUT2D eigenvalue weighted by Crippen LogP contribution is -2.21. The van der Waals surface area contributed by atoms with Gasteiger partial charge in [-0.2, -0.15) is 0 Å². The van der Waals surface area contributed by atoms with Crippen molar-refractivity contribution in [1.29, 1.82) is 0 Å². The number of esters is 2. The van der Waals surface area contributed by atoms with Crippen molar-refractivity contribution in [2.45, 2.75) is 26.7 Å². The first kappa shape index (κ1) is 25.1. The fraction of sp³-hybridized carbons (Fsp3) is 0.304. The largest absolute Gasteiger partial charge is 0.462 e. The normalized spacial score (nSPS) is 10.4. The zero-order valence-electron chi connectivity index (χ0n) is 17.9. The predicted octanol–water partition coefficient (Wildman–Crippen LogP) is 4.16. The van der Waals surface area contributed by atoms with Gasteiger partial charge in [-0.15, -0.1) is 0 Å². The molecule has 0 heterocycles. The monoisotopic (exact) mass is 504 g/mol. The fourth-order valence-electron chi connectivity index (χ4n) is 2.40. The van der Waals surface area contributed by atoms with Crippen LogP contribution in [0.3, 0.4) is 0 Å². The third-order valence-electron chi connectivity index (χ3n) is 4.00. The first-order chi connectivity index (χ1) is 15.2. The Labute approximate surface area is 194 Å². The van der Waals surface area contributed by atoms with E-state index in [-0.39, 0.29) is 18.8 Å². The van der Waals surface area contributed by atoms with Crippen molar-refractivity contribution in [3.63, 3.8) is 0 Å². The molecule has 0 atom stereocenters. The SMILES string of the molecule is CC(C)COC(=O)c1ccc(NC(=O)CCC(=O)OCC(=O)Nc2ccc(Br)cc2)cc1. The van der Waals surface area contributed by atoms with Gasteiger partial charge >= 0.3 is 11.9 Å². The maximum atomic E-state index is 12.0. The van der Waals surface area contributed by atoms with Gasteiger partial charge in [-0.3, -0.25) is 14.4 Å². The van der Waals surface area contributed by atoms with Gasteiger partial charge in [0, 0.05) is 22.3 Å². The third-order valence-corrected chi connectivity index (χ3v) is 4.53. The van der Waals surface area contributed by atoms with E-state index in [4.69, 9.17) is 9.47 Å². The highest BCUT2D eigenvalue weighted by Crippen LogP contribution is 2.14. The molecule has 0 fully saturated rings. The number of amides is 2. The second kappa shape index (κ2) is 12.6. The quantitative estimate of drug-likeness (QED) is 0.470. The van der Waals surface area contributed by atoms with Crippen LogP contribution in [0.4, 0.5) is 11.4 Å². The first-order valence-corrected chi connectivity index (χ1v) is 10.8. The Morgan fingerprint density at radius 1 is 0.812 bits per heavy atom. The molecule has 0 radical (unpaired) electrons. The van der Waals surface area contributed by atoms with Crippen molar-refractivity contribution in [3.8, 4) is 0 Å². The van der Waals surface area contributed by atoms with Gasteiger partial charge in [0.1, 0.15) is 0 Å². The van der Waals surface area contributed by atoms with Gasteiger partial charge in [-0.05, 0) is 54.4 Å². The average molecular weight is 505 g/mol. The van der Waals surface area contributed by atoms with Crippen LogP contribution in [0.15, 0.2) is 53.0 Å². The lowest BCUT2D eigenvalue weighted by atomic mass is 10.2. The number of carbonyl (C=O) groups excluding carboxylic acids is 4. The number of hydrogen-bond acceptors (Lipinski definition) is 6. The average Bonchev–Trinajstić information content (AvgIpc) is 2.76. The van der Waals surface area contributed by atoms with Crippen LogP contribution >= 0.6 is 15.9 Å². The number of hydrogen-bond donors (Lipinski definition) is 2. The minimum absolute atomic E-state index is 0.106. The van der Waals surface area contributed by atoms with Crippen LogP contribution in [0.25, 0.3) is 0 Å². The van der Waals surface area contributed by atoms with Crippen molar-refractivity contribution in [2.75, 3.05) is 23.8 Å². The van der Waals surface area contributed by atoms with Gasteiger partial charge in [-0.25, -0.2) is 4.79 Å². The molecule has 2 amide bonds. The van der Waals surface area contributed by atoms with Crippen LogP contribution in [0, 0.1) is 5.92 Å². The summed E-state index contributed by atoms with van der Waals surface area (Å²) in [5.41, 5.74) is 1.44. The van der Waals surface area contributed by atoms with Crippen LogP contribution in [0.1, 0.15) is 37.0 Å². The van der Waals surface area contributed by atoms with Crippen molar-refractivity contribution >= 4 is 51.1 Å². The van der Waals surface area contributed by atoms with Gasteiger partial charge in [0.25, 0.3) is 5.91 Å². The van der Waals surface area contributed by atoms with Crippen molar-refractivity contribution in [1.82, 2.24) is 0 Å². The molecule has 2 aromatic rings. The van der Waals surface area contributed by atoms with E-state index in [1.165, 1.54) is 0 Å². The molecule has 0 aromatic heterocycles. The standard InChI is InChI=1S/C23H25BrN2O6/c1-15(2)13-32-23(30)16-3-7-18(8-4-16)25-20(27)11-12-22(29)31-14-21(28)26-19-9-5-17(24)6-10-19/h3-10,15H,11-14H2,1-2H3,(H,25,27)(H,26,28). The number of benzene rings is 2. The molecule has 0 unspecified atom stereocenters. The number of anilines is 2. The molecule has 0 aliphatic carbocycles. The van der Waals surface area contributed by atoms with E-state index in [1.54, 1.807) is 48.5 Å². The van der Waals surface area contributed by atoms with Crippen LogP contribution in [0.5, 0.6) is 0 Å². The van der Waals surface area contributed by atoms with E-state index < -0.39 is 30.4 Å². The summed E-state index contributed by atoms with van der Waals surface area (Å²) in [7, 11) is 0. The van der Waals surface area contributed by atoms with E-state index >= 15 is 0 Å². The van der Waals surface area contributed by atoms with Gasteiger partial charge in [0.05, 0.1) is 18.6 Å². The van der Waals surface area contributed by atoms with Crippen LogP contribution in [-0.4, -0.2) is 37.0 Å². The number of rotatable bonds is 10. The van der Waals surface area contributed by atoms with E-state index in [2.05, 4.69) is 26.6 Å². The van der Waals surface area contributed by atoms with Gasteiger partial charge in [0.2, 0.25) is 5.91 Å². The Balaban J connectivity index is 1.68. The van der Waals surface area contributed by atoms with E-state index in [1.807, 2.05) is 13.8 Å². The molecular weight excluding hydrogens is 480 g/mol. The number of halogens is 1. The predicted molar refractivity (Wildman–Crippen MR) is 123 cm³/mol. The maximum absolute atomic E-state index is 12.0. The summed E-state index contributed by atoms with van der Waals surface area (Å²) >= 11 is 3.30. The Kier molecular flexibility index (Phi) is 9.87. The number of ether oxygens (including phenoxy) is 2. The smallest absolute Gasteiger partial charge is 0.338 e. The molecule has 2 rings (SSSR count). The van der Waals surface area contributed by atoms with Gasteiger partial charge < -0.3 is 20.1 Å². The molecular formula is C23H25BrN2O6. The summed E-state index contributed by atoms with van der Waals surface area (Å²) in [6, 6.07) is 13.2. The summed E-state index contributed by atoms with van der Waals surface area (Å²) in [5, 5.41) is 5.23. The molecule has 0 bridgehead atoms. The Bertz CT molecular complexity index is 942. The first-order valence-electron chi connectivity index (χ1n) is 10.0. The Morgan fingerprint density at radius 2 is 1.38 bits per heavy atom. The van der Waals surface area contributed by atoms with Gasteiger partial charge in [0.15, 0.2) is 6.61 Å². The summed E-state index contributed by atoms with van der Waals surface area (Å²) in [5.74, 6) is -1.71. The lowest BCUT2D eigenvalue weighted by molar-refractivity contribution is -0.147. The molecule has 0 aliphatic rings. The molecule has 2 N–H and O–H groups in total. The van der Waals surface area contributed by atoms with Crippen LogP contribution in [-0.2, 0) is 23.9 Å². The van der Waals surface area contributed by atoms with Gasteiger partial charge in [-0.1, -0.05) is 29.8 Å². The van der Waals surface area contributed by atoms with Crippen molar-refractivity contribution < 1.29 is 28.7 Å². The second-order valence-electron chi connectivity index (χ2n) is 7.33. The Hall–Kier alpha value is -3.20. The number of carbonyl (C=O) groups is 4. The minimum atomic E-state index is -0.658.